The highest BCUT2D eigenvalue weighted by Gasteiger charge is 2.34. The van der Waals surface area contributed by atoms with Crippen molar-refractivity contribution in [2.45, 2.75) is 13.0 Å². The van der Waals surface area contributed by atoms with Crippen molar-refractivity contribution >= 4 is 40.5 Å². The van der Waals surface area contributed by atoms with Gasteiger partial charge < -0.3 is 15.4 Å². The summed E-state index contributed by atoms with van der Waals surface area (Å²) in [4.78, 5) is 12.5. The molecule has 0 fully saturated rings. The number of nitrogens with zero attached hydrogens (tertiary/aromatic N) is 2. The fraction of sp³-hybridized carbons (Fsp3) is 0.200. The summed E-state index contributed by atoms with van der Waals surface area (Å²) >= 11 is 6.50. The Morgan fingerprint density at radius 2 is 2.17 bits per heavy atom. The largest absolute Gasteiger partial charge is 0.463 e. The van der Waals surface area contributed by atoms with Gasteiger partial charge in [-0.15, -0.1) is 5.10 Å². The van der Waals surface area contributed by atoms with Crippen LogP contribution in [0.4, 0.5) is 0 Å². The first-order chi connectivity index (χ1) is 11.2. The van der Waals surface area contributed by atoms with Crippen molar-refractivity contribution < 1.29 is 9.53 Å². The van der Waals surface area contributed by atoms with E-state index < -0.39 is 12.0 Å². The van der Waals surface area contributed by atoms with Gasteiger partial charge in [-0.3, -0.25) is 0 Å². The molecule has 0 spiro atoms. The van der Waals surface area contributed by atoms with E-state index in [0.717, 1.165) is 5.56 Å². The molecule has 2 heterocycles. The SMILES string of the molecule is CCOC(=O)C1=C(c2ccccc2)NC(=S)N[C@H]1c1csnn1. The lowest BCUT2D eigenvalue weighted by Gasteiger charge is -2.29. The fourth-order valence-corrected chi connectivity index (χ4v) is 3.04. The number of benzene rings is 1. The van der Waals surface area contributed by atoms with Crippen molar-refractivity contribution in [2.75, 3.05) is 6.61 Å². The van der Waals surface area contributed by atoms with Crippen LogP contribution in [0, 0.1) is 0 Å². The van der Waals surface area contributed by atoms with E-state index in [1.54, 1.807) is 12.3 Å². The van der Waals surface area contributed by atoms with Crippen LogP contribution in [0.3, 0.4) is 0 Å². The van der Waals surface area contributed by atoms with Crippen molar-refractivity contribution in [3.8, 4) is 0 Å². The highest BCUT2D eigenvalue weighted by atomic mass is 32.1. The molecule has 1 atom stereocenters. The first-order valence-corrected chi connectivity index (χ1v) is 8.26. The second kappa shape index (κ2) is 6.84. The lowest BCUT2D eigenvalue weighted by molar-refractivity contribution is -0.138. The number of thiocarbonyl (C=S) groups is 1. The average molecular weight is 346 g/mol. The molecule has 118 valence electrons. The van der Waals surface area contributed by atoms with Crippen molar-refractivity contribution in [1.29, 1.82) is 0 Å². The Morgan fingerprint density at radius 3 is 2.83 bits per heavy atom. The summed E-state index contributed by atoms with van der Waals surface area (Å²) in [5.41, 5.74) is 2.56. The quantitative estimate of drug-likeness (QED) is 0.648. The van der Waals surface area contributed by atoms with Gasteiger partial charge in [-0.25, -0.2) is 4.79 Å². The van der Waals surface area contributed by atoms with Crippen molar-refractivity contribution in [3.63, 3.8) is 0 Å². The summed E-state index contributed by atoms with van der Waals surface area (Å²) in [7, 11) is 0. The van der Waals surface area contributed by atoms with Crippen molar-refractivity contribution in [1.82, 2.24) is 20.2 Å². The molecule has 0 saturated carbocycles. The predicted molar refractivity (Wildman–Crippen MR) is 91.5 cm³/mol. The molecule has 1 aromatic heterocycles. The highest BCUT2D eigenvalue weighted by molar-refractivity contribution is 7.80. The Kier molecular flexibility index (Phi) is 4.63. The standard InChI is InChI=1S/C15H14N4O2S2/c1-2-21-14(20)11-12(9-6-4-3-5-7-9)16-15(22)17-13(11)10-8-23-19-18-10/h3-8,13H,2H2,1H3,(H2,16,17,22)/t13-/m0/s1. The molecule has 23 heavy (non-hydrogen) atoms. The topological polar surface area (TPSA) is 76.1 Å². The monoisotopic (exact) mass is 346 g/mol. The number of carbonyl (C=O) groups is 1. The zero-order chi connectivity index (χ0) is 16.2. The summed E-state index contributed by atoms with van der Waals surface area (Å²) in [5.74, 6) is -0.410. The van der Waals surface area contributed by atoms with Crippen LogP contribution >= 0.6 is 23.8 Å². The van der Waals surface area contributed by atoms with Crippen molar-refractivity contribution in [2.24, 2.45) is 0 Å². The summed E-state index contributed by atoms with van der Waals surface area (Å²) in [6, 6.07) is 9.04. The molecule has 0 radical (unpaired) electrons. The van der Waals surface area contributed by atoms with E-state index in [4.69, 9.17) is 17.0 Å². The van der Waals surface area contributed by atoms with Gasteiger partial charge in [0.2, 0.25) is 0 Å². The molecule has 2 N–H and O–H groups in total. The Labute approximate surface area is 142 Å². The lowest BCUT2D eigenvalue weighted by Crippen LogP contribution is -2.45. The van der Waals surface area contributed by atoms with Gasteiger partial charge in [0.25, 0.3) is 0 Å². The number of nitrogens with one attached hydrogen (secondary N) is 2. The van der Waals surface area contributed by atoms with Gasteiger partial charge in [0.05, 0.1) is 17.9 Å². The fourth-order valence-electron chi connectivity index (χ4n) is 2.35. The molecular weight excluding hydrogens is 332 g/mol. The Morgan fingerprint density at radius 1 is 1.39 bits per heavy atom. The minimum atomic E-state index is -0.489. The first-order valence-electron chi connectivity index (χ1n) is 7.02. The van der Waals surface area contributed by atoms with Crippen LogP contribution in [0.2, 0.25) is 0 Å². The number of aromatic nitrogens is 2. The normalized spacial score (nSPS) is 17.4. The van der Waals surface area contributed by atoms with Gasteiger partial charge in [-0.1, -0.05) is 34.8 Å². The maximum Gasteiger partial charge on any atom is 0.338 e. The molecule has 1 aromatic carbocycles. The summed E-state index contributed by atoms with van der Waals surface area (Å²) in [6.07, 6.45) is 0. The molecule has 0 saturated heterocycles. The van der Waals surface area contributed by atoms with E-state index in [2.05, 4.69) is 20.2 Å². The molecule has 3 rings (SSSR count). The summed E-state index contributed by atoms with van der Waals surface area (Å²) < 4.78 is 9.11. The Balaban J connectivity index is 2.15. The smallest absolute Gasteiger partial charge is 0.338 e. The van der Waals surface area contributed by atoms with Gasteiger partial charge in [0.1, 0.15) is 11.7 Å². The third kappa shape index (κ3) is 3.22. The molecule has 8 heteroatoms. The second-order valence-corrected chi connectivity index (χ2v) is 5.75. The van der Waals surface area contributed by atoms with Gasteiger partial charge >= 0.3 is 5.97 Å². The van der Waals surface area contributed by atoms with E-state index in [-0.39, 0.29) is 6.61 Å². The van der Waals surface area contributed by atoms with E-state index in [1.807, 2.05) is 30.3 Å². The van der Waals surface area contributed by atoms with E-state index in [0.29, 0.717) is 22.1 Å². The zero-order valence-corrected chi connectivity index (χ0v) is 13.9. The third-order valence-electron chi connectivity index (χ3n) is 3.30. The van der Waals surface area contributed by atoms with Crippen LogP contribution in [-0.2, 0) is 9.53 Å². The van der Waals surface area contributed by atoms with Crippen LogP contribution in [0.25, 0.3) is 5.70 Å². The van der Waals surface area contributed by atoms with Gasteiger partial charge in [-0.05, 0) is 36.2 Å². The van der Waals surface area contributed by atoms with Crippen molar-refractivity contribution in [3.05, 3.63) is 52.5 Å². The number of carbonyl (C=O) groups excluding carboxylic acids is 1. The number of hydrogen-bond donors (Lipinski definition) is 2. The third-order valence-corrected chi connectivity index (χ3v) is 4.05. The van der Waals surface area contributed by atoms with Crippen LogP contribution in [0.15, 0.2) is 41.3 Å². The molecule has 0 amide bonds. The van der Waals surface area contributed by atoms with Gasteiger partial charge in [-0.2, -0.15) is 0 Å². The maximum atomic E-state index is 12.5. The average Bonchev–Trinajstić information content (AvgIpc) is 3.09. The van der Waals surface area contributed by atoms with Crippen LogP contribution in [0.5, 0.6) is 0 Å². The predicted octanol–water partition coefficient (Wildman–Crippen LogP) is 2.03. The minimum Gasteiger partial charge on any atom is -0.463 e. The molecule has 0 bridgehead atoms. The molecule has 1 aliphatic rings. The van der Waals surface area contributed by atoms with E-state index >= 15 is 0 Å². The number of ether oxygens (including phenoxy) is 1. The van der Waals surface area contributed by atoms with Crippen LogP contribution in [0.1, 0.15) is 24.2 Å². The molecule has 1 aliphatic heterocycles. The highest BCUT2D eigenvalue weighted by Crippen LogP contribution is 2.31. The molecule has 6 nitrogen and oxygen atoms in total. The lowest BCUT2D eigenvalue weighted by atomic mass is 9.96. The first kappa shape index (κ1) is 15.6. The Hall–Kier alpha value is -2.32. The van der Waals surface area contributed by atoms with Gasteiger partial charge in [0.15, 0.2) is 5.11 Å². The Bertz CT molecular complexity index is 744. The molecule has 0 unspecified atom stereocenters. The van der Waals surface area contributed by atoms with Crippen LogP contribution < -0.4 is 10.6 Å². The van der Waals surface area contributed by atoms with Gasteiger partial charge in [0, 0.05) is 5.38 Å². The summed E-state index contributed by atoms with van der Waals surface area (Å²) in [6.45, 7) is 2.06. The molecule has 2 aromatic rings. The second-order valence-electron chi connectivity index (χ2n) is 4.74. The minimum absolute atomic E-state index is 0.289. The molecule has 0 aliphatic carbocycles. The van der Waals surface area contributed by atoms with E-state index in [9.17, 15) is 4.79 Å². The number of esters is 1. The summed E-state index contributed by atoms with van der Waals surface area (Å²) in [5, 5.41) is 12.4. The zero-order valence-electron chi connectivity index (χ0n) is 12.3. The van der Waals surface area contributed by atoms with E-state index in [1.165, 1.54) is 11.5 Å². The molecular formula is C15H14N4O2S2. The maximum absolute atomic E-state index is 12.5. The number of hydrogen-bond acceptors (Lipinski definition) is 6. The number of rotatable bonds is 4. The van der Waals surface area contributed by atoms with Crippen LogP contribution in [-0.4, -0.2) is 27.3 Å².